The lowest BCUT2D eigenvalue weighted by Crippen LogP contribution is -2.42. The molecule has 0 saturated carbocycles. The number of hydrogen-bond donors (Lipinski definition) is 2. The number of ether oxygens (including phenoxy) is 3. The summed E-state index contributed by atoms with van der Waals surface area (Å²) in [6, 6.07) is 5.70. The molecule has 0 aliphatic carbocycles. The molecule has 8 nitrogen and oxygen atoms in total. The van der Waals surface area contributed by atoms with E-state index in [2.05, 4.69) is 33.9 Å². The van der Waals surface area contributed by atoms with E-state index < -0.39 is 0 Å². The summed E-state index contributed by atoms with van der Waals surface area (Å²) in [4.78, 5) is 20.4. The van der Waals surface area contributed by atoms with Crippen LogP contribution in [0.4, 0.5) is 0 Å². The Hall–Kier alpha value is -2.36. The van der Waals surface area contributed by atoms with Gasteiger partial charge in [0.2, 0.25) is 0 Å². The monoisotopic (exact) mass is 490 g/mol. The zero-order valence-electron chi connectivity index (χ0n) is 20.7. The van der Waals surface area contributed by atoms with Crippen LogP contribution in [0.15, 0.2) is 23.0 Å². The zero-order chi connectivity index (χ0) is 24.3. The molecular weight excluding hydrogens is 452 g/mol. The second-order valence-corrected chi connectivity index (χ2v) is 8.68. The highest BCUT2D eigenvalue weighted by Crippen LogP contribution is 2.33. The third-order valence-corrected chi connectivity index (χ3v) is 6.38. The van der Waals surface area contributed by atoms with Crippen LogP contribution in [-0.4, -0.2) is 79.0 Å². The first kappa shape index (κ1) is 26.2. The first-order valence-electron chi connectivity index (χ1n) is 12.3. The number of aromatic amines is 1. The molecule has 2 aromatic rings. The van der Waals surface area contributed by atoms with Crippen LogP contribution in [0.2, 0.25) is 0 Å². The third kappa shape index (κ3) is 7.32. The van der Waals surface area contributed by atoms with Crippen molar-refractivity contribution in [3.63, 3.8) is 0 Å². The number of fused-ring (bicyclic) bond motifs is 2. The first-order chi connectivity index (χ1) is 16.5. The molecule has 188 valence electrons. The van der Waals surface area contributed by atoms with E-state index >= 15 is 0 Å². The van der Waals surface area contributed by atoms with Crippen LogP contribution in [0.5, 0.6) is 11.5 Å². The van der Waals surface area contributed by atoms with Gasteiger partial charge in [-0.2, -0.15) is 0 Å². The molecule has 1 aliphatic heterocycles. The lowest BCUT2D eigenvalue weighted by atomic mass is 10.1. The van der Waals surface area contributed by atoms with Crippen molar-refractivity contribution < 1.29 is 14.2 Å². The SMILES string of the molecule is CCOCCCNC(=S)N(CCCN(CC)CC)Cc1cc2cc3c(cc2[nH]c1=O)OCCO3. The molecule has 0 bridgehead atoms. The fourth-order valence-corrected chi connectivity index (χ4v) is 4.27. The molecule has 3 rings (SSSR count). The highest BCUT2D eigenvalue weighted by atomic mass is 32.1. The van der Waals surface area contributed by atoms with Crippen LogP contribution in [0.25, 0.3) is 10.9 Å². The topological polar surface area (TPSA) is 79.1 Å². The second kappa shape index (κ2) is 13.5. The molecule has 0 atom stereocenters. The standard InChI is InChI=1S/C25H38N4O4S/c1-4-28(5-2)10-8-11-29(25(34)26-9-7-12-31-6-3)18-20-15-19-16-22-23(33-14-13-32-22)17-21(19)27-24(20)30/h15-17H,4-14,18H2,1-3H3,(H,26,34)(H,27,30). The van der Waals surface area contributed by atoms with Gasteiger partial charge in [-0.25, -0.2) is 0 Å². The van der Waals surface area contributed by atoms with Gasteiger partial charge in [-0.05, 0) is 63.8 Å². The second-order valence-electron chi connectivity index (χ2n) is 8.29. The summed E-state index contributed by atoms with van der Waals surface area (Å²) in [5.41, 5.74) is 1.30. The molecule has 1 aromatic heterocycles. The van der Waals surface area contributed by atoms with Crippen molar-refractivity contribution in [2.75, 3.05) is 59.2 Å². The summed E-state index contributed by atoms with van der Waals surface area (Å²) in [7, 11) is 0. The fourth-order valence-electron chi connectivity index (χ4n) is 4.01. The Morgan fingerprint density at radius 1 is 1.09 bits per heavy atom. The van der Waals surface area contributed by atoms with Crippen molar-refractivity contribution >= 4 is 28.2 Å². The summed E-state index contributed by atoms with van der Waals surface area (Å²) >= 11 is 5.72. The van der Waals surface area contributed by atoms with Crippen LogP contribution in [-0.2, 0) is 11.3 Å². The highest BCUT2D eigenvalue weighted by Gasteiger charge is 2.17. The summed E-state index contributed by atoms with van der Waals surface area (Å²) in [5, 5.41) is 4.92. The number of benzene rings is 1. The van der Waals surface area contributed by atoms with Crippen molar-refractivity contribution in [3.8, 4) is 11.5 Å². The lowest BCUT2D eigenvalue weighted by Gasteiger charge is -2.27. The molecule has 0 fully saturated rings. The molecule has 2 N–H and O–H groups in total. The Bertz CT molecular complexity index is 993. The number of thiocarbonyl (C=S) groups is 1. The number of aromatic nitrogens is 1. The van der Waals surface area contributed by atoms with Gasteiger partial charge in [-0.15, -0.1) is 0 Å². The van der Waals surface area contributed by atoms with Crippen molar-refractivity contribution in [1.82, 2.24) is 20.1 Å². The summed E-state index contributed by atoms with van der Waals surface area (Å²) in [6.07, 6.45) is 1.84. The molecule has 2 heterocycles. The number of H-pyrrole nitrogens is 1. The van der Waals surface area contributed by atoms with Gasteiger partial charge < -0.3 is 34.3 Å². The van der Waals surface area contributed by atoms with Crippen LogP contribution >= 0.6 is 12.2 Å². The lowest BCUT2D eigenvalue weighted by molar-refractivity contribution is 0.145. The molecule has 0 amide bonds. The molecule has 34 heavy (non-hydrogen) atoms. The Morgan fingerprint density at radius 3 is 2.53 bits per heavy atom. The van der Waals surface area contributed by atoms with Gasteiger partial charge in [0.25, 0.3) is 5.56 Å². The molecule has 1 aromatic carbocycles. The maximum absolute atomic E-state index is 12.9. The van der Waals surface area contributed by atoms with Crippen molar-refractivity contribution in [1.29, 1.82) is 0 Å². The number of nitrogens with zero attached hydrogens (tertiary/aromatic N) is 2. The minimum absolute atomic E-state index is 0.114. The van der Waals surface area contributed by atoms with E-state index in [0.717, 1.165) is 56.5 Å². The van der Waals surface area contributed by atoms with Crippen molar-refractivity contribution in [2.45, 2.75) is 40.2 Å². The highest BCUT2D eigenvalue weighted by molar-refractivity contribution is 7.80. The quantitative estimate of drug-likeness (QED) is 0.328. The Kier molecular flexibility index (Phi) is 10.4. The maximum Gasteiger partial charge on any atom is 0.253 e. The van der Waals surface area contributed by atoms with E-state index in [9.17, 15) is 4.79 Å². The van der Waals surface area contributed by atoms with E-state index in [1.165, 1.54) is 0 Å². The van der Waals surface area contributed by atoms with E-state index in [1.54, 1.807) is 0 Å². The number of nitrogens with one attached hydrogen (secondary N) is 2. The van der Waals surface area contributed by atoms with E-state index in [-0.39, 0.29) is 5.56 Å². The van der Waals surface area contributed by atoms with Crippen molar-refractivity contribution in [3.05, 3.63) is 34.1 Å². The molecule has 9 heteroatoms. The normalized spacial score (nSPS) is 12.8. The van der Waals surface area contributed by atoms with Gasteiger partial charge in [0.1, 0.15) is 13.2 Å². The summed E-state index contributed by atoms with van der Waals surface area (Å²) in [5.74, 6) is 1.37. The molecular formula is C25H38N4O4S. The molecule has 0 spiro atoms. The van der Waals surface area contributed by atoms with Crippen LogP contribution in [0.3, 0.4) is 0 Å². The molecule has 1 aliphatic rings. The molecule has 0 unspecified atom stereocenters. The minimum atomic E-state index is -0.114. The van der Waals surface area contributed by atoms with Crippen LogP contribution in [0.1, 0.15) is 39.2 Å². The van der Waals surface area contributed by atoms with E-state index in [0.29, 0.717) is 55.1 Å². The molecule has 0 saturated heterocycles. The maximum atomic E-state index is 12.9. The predicted molar refractivity (Wildman–Crippen MR) is 140 cm³/mol. The van der Waals surface area contributed by atoms with E-state index in [1.807, 2.05) is 25.1 Å². The summed E-state index contributed by atoms with van der Waals surface area (Å²) in [6.45, 7) is 13.8. The zero-order valence-corrected chi connectivity index (χ0v) is 21.5. The van der Waals surface area contributed by atoms with Crippen LogP contribution in [0, 0.1) is 0 Å². The van der Waals surface area contributed by atoms with Gasteiger partial charge in [0.15, 0.2) is 16.6 Å². The van der Waals surface area contributed by atoms with Gasteiger partial charge in [-0.3, -0.25) is 4.79 Å². The van der Waals surface area contributed by atoms with Gasteiger partial charge in [0.05, 0.1) is 12.1 Å². The minimum Gasteiger partial charge on any atom is -0.486 e. The average Bonchev–Trinajstić information content (AvgIpc) is 2.84. The Balaban J connectivity index is 1.74. The Morgan fingerprint density at radius 2 is 1.82 bits per heavy atom. The first-order valence-corrected chi connectivity index (χ1v) is 12.7. The van der Waals surface area contributed by atoms with Crippen LogP contribution < -0.4 is 20.3 Å². The fraction of sp³-hybridized carbons (Fsp3) is 0.600. The van der Waals surface area contributed by atoms with Gasteiger partial charge >= 0.3 is 0 Å². The number of hydrogen-bond acceptors (Lipinski definition) is 6. The number of pyridine rings is 1. The van der Waals surface area contributed by atoms with Gasteiger partial charge in [-0.1, -0.05) is 13.8 Å². The van der Waals surface area contributed by atoms with Gasteiger partial charge in [0, 0.05) is 43.3 Å². The smallest absolute Gasteiger partial charge is 0.253 e. The Labute approximate surface area is 207 Å². The third-order valence-electron chi connectivity index (χ3n) is 5.97. The summed E-state index contributed by atoms with van der Waals surface area (Å²) < 4.78 is 16.8. The van der Waals surface area contributed by atoms with Crippen molar-refractivity contribution in [2.24, 2.45) is 0 Å². The average molecular weight is 491 g/mol. The largest absolute Gasteiger partial charge is 0.486 e. The molecule has 0 radical (unpaired) electrons. The predicted octanol–water partition coefficient (Wildman–Crippen LogP) is 3.13. The number of rotatable bonds is 13. The van der Waals surface area contributed by atoms with E-state index in [4.69, 9.17) is 26.4 Å².